The first-order valence-electron chi connectivity index (χ1n) is 8.33. The first-order valence-corrected chi connectivity index (χ1v) is 8.33. The van der Waals surface area contributed by atoms with Crippen LogP contribution in [0.5, 0.6) is 0 Å². The van der Waals surface area contributed by atoms with Crippen LogP contribution in [0.1, 0.15) is 67.2 Å². The molecular weight excluding hydrogens is 424 g/mol. The van der Waals surface area contributed by atoms with Crippen molar-refractivity contribution < 1.29 is 70.9 Å². The van der Waals surface area contributed by atoms with Crippen LogP contribution in [0.2, 0.25) is 0 Å². The van der Waals surface area contributed by atoms with Gasteiger partial charge in [0.05, 0.1) is 12.8 Å². The Bertz CT molecular complexity index is 425. The molecule has 0 unspecified atom stereocenters. The summed E-state index contributed by atoms with van der Waals surface area (Å²) >= 11 is 0. The van der Waals surface area contributed by atoms with E-state index in [4.69, 9.17) is 20.4 Å². The number of carboxylic acid groups (broad SMARTS) is 2. The molecule has 11 heteroatoms. The van der Waals surface area contributed by atoms with E-state index in [0.29, 0.717) is 0 Å². The number of hydrogen-bond donors (Lipinski definition) is 4. The summed E-state index contributed by atoms with van der Waals surface area (Å²) in [5, 5.41) is 32.2. The molecule has 0 saturated carbocycles. The second-order valence-electron chi connectivity index (χ2n) is 6.16. The van der Waals surface area contributed by atoms with E-state index in [0.717, 1.165) is 0 Å². The molecule has 0 heterocycles. The topological polar surface area (TPSA) is 183 Å². The minimum Gasteiger partial charge on any atom is -0.481 e. The molecule has 0 aliphatic carbocycles. The Hall–Kier alpha value is -1.75. The molecule has 0 rings (SSSR count). The van der Waals surface area contributed by atoms with E-state index in [9.17, 15) is 28.8 Å². The normalized spacial score (nSPS) is 8.62. The Morgan fingerprint density at radius 3 is 0.862 bits per heavy atom. The van der Waals surface area contributed by atoms with Crippen LogP contribution in [0.3, 0.4) is 0 Å². The van der Waals surface area contributed by atoms with E-state index < -0.39 is 36.3 Å². The summed E-state index contributed by atoms with van der Waals surface area (Å²) in [6.45, 7) is 9.39. The Kier molecular flexibility index (Phi) is 31.8. The van der Waals surface area contributed by atoms with Crippen molar-refractivity contribution in [1.82, 2.24) is 0 Å². The number of aliphatic carboxylic acids is 2. The number of carbonyl (C=O) groups excluding carboxylic acids is 4. The van der Waals surface area contributed by atoms with Gasteiger partial charge in [-0.15, -0.1) is 0 Å². The van der Waals surface area contributed by atoms with E-state index in [1.54, 1.807) is 27.7 Å². The summed E-state index contributed by atoms with van der Waals surface area (Å²) in [6.07, 6.45) is -1.99. The summed E-state index contributed by atoms with van der Waals surface area (Å²) < 4.78 is 0. The molecule has 10 nitrogen and oxygen atoms in total. The summed E-state index contributed by atoms with van der Waals surface area (Å²) in [6, 6.07) is 0. The number of carboxylic acids is 2. The van der Waals surface area contributed by atoms with Crippen molar-refractivity contribution in [3.63, 3.8) is 0 Å². The molecule has 0 aliphatic heterocycles. The van der Waals surface area contributed by atoms with Crippen LogP contribution in [0.4, 0.5) is 0 Å². The fourth-order valence-corrected chi connectivity index (χ4v) is 1.02. The second-order valence-corrected chi connectivity index (χ2v) is 6.16. The monoisotopic (exact) mass is 456 g/mol. The van der Waals surface area contributed by atoms with E-state index >= 15 is 0 Å². The van der Waals surface area contributed by atoms with E-state index in [1.165, 1.54) is 13.8 Å². The van der Waals surface area contributed by atoms with Gasteiger partial charge >= 0.3 is 11.9 Å². The zero-order valence-electron chi connectivity index (χ0n) is 17.7. The second kappa shape index (κ2) is 24.3. The maximum atomic E-state index is 10.5. The minimum absolute atomic E-state index is 0. The number of ketones is 4. The SMILES string of the molecule is CC(=O)CC(=O)CC(=O)O.CC(=O)CC(=O)CC(=O)O.CC(C)O.CC(C)O.[Ti]. The van der Waals surface area contributed by atoms with Crippen molar-refractivity contribution in [3.05, 3.63) is 0 Å². The quantitative estimate of drug-likeness (QED) is 0.301. The Morgan fingerprint density at radius 2 is 0.759 bits per heavy atom. The Balaban J connectivity index is -0.0000000950. The van der Waals surface area contributed by atoms with E-state index in [2.05, 4.69) is 0 Å². The third kappa shape index (κ3) is 76.0. The predicted molar refractivity (Wildman–Crippen MR) is 99.8 cm³/mol. The predicted octanol–water partition coefficient (Wildman–Crippen LogP) is 0.790. The third-order valence-corrected chi connectivity index (χ3v) is 1.59. The van der Waals surface area contributed by atoms with Gasteiger partial charge in [0.25, 0.3) is 0 Å². The zero-order chi connectivity index (χ0) is 23.4. The molecule has 0 aromatic heterocycles. The molecule has 29 heavy (non-hydrogen) atoms. The van der Waals surface area contributed by atoms with Crippen LogP contribution in [0, 0.1) is 0 Å². The summed E-state index contributed by atoms with van der Waals surface area (Å²) in [7, 11) is 0. The summed E-state index contributed by atoms with van der Waals surface area (Å²) in [5.74, 6) is -4.06. The zero-order valence-corrected chi connectivity index (χ0v) is 19.3. The fraction of sp³-hybridized carbons (Fsp3) is 0.667. The number of carbonyl (C=O) groups is 6. The first kappa shape index (κ1) is 37.9. The standard InChI is InChI=1S/2C6H8O4.2C3H8O.Ti/c2*1-4(7)2-5(8)3-6(9)10;2*1-3(2)4;/h2*2-3H2,1H3,(H,9,10);2*3-4H,1-2H3;. The van der Waals surface area contributed by atoms with Gasteiger partial charge in [-0.1, -0.05) is 0 Å². The number of Topliss-reactive ketones (excluding diaryl/α,β-unsaturated/α-hetero) is 4. The summed E-state index contributed by atoms with van der Waals surface area (Å²) in [5.41, 5.74) is 0. The molecule has 4 N–H and O–H groups in total. The summed E-state index contributed by atoms with van der Waals surface area (Å²) in [4.78, 5) is 61.1. The van der Waals surface area contributed by atoms with Gasteiger partial charge in [0.15, 0.2) is 11.6 Å². The minimum atomic E-state index is -1.19. The average Bonchev–Trinajstić information content (AvgIpc) is 2.32. The largest absolute Gasteiger partial charge is 0.481 e. The Labute approximate surface area is 185 Å². The van der Waals surface area contributed by atoms with Gasteiger partial charge in [0.1, 0.15) is 24.4 Å². The molecule has 0 aromatic carbocycles. The van der Waals surface area contributed by atoms with Gasteiger partial charge < -0.3 is 20.4 Å². The maximum Gasteiger partial charge on any atom is 0.310 e. The van der Waals surface area contributed by atoms with Gasteiger partial charge in [0, 0.05) is 33.9 Å². The number of rotatable bonds is 8. The average molecular weight is 456 g/mol. The van der Waals surface area contributed by atoms with Gasteiger partial charge in [-0.25, -0.2) is 0 Å². The molecule has 0 spiro atoms. The van der Waals surface area contributed by atoms with Crippen LogP contribution < -0.4 is 0 Å². The molecule has 168 valence electrons. The van der Waals surface area contributed by atoms with Crippen molar-refractivity contribution in [3.8, 4) is 0 Å². The number of aliphatic hydroxyl groups is 2. The van der Waals surface area contributed by atoms with Crippen molar-refractivity contribution in [2.24, 2.45) is 0 Å². The van der Waals surface area contributed by atoms with E-state index in [-0.39, 0.29) is 58.3 Å². The van der Waals surface area contributed by atoms with Gasteiger partial charge in [-0.3, -0.25) is 28.8 Å². The van der Waals surface area contributed by atoms with Crippen molar-refractivity contribution >= 4 is 35.1 Å². The maximum absolute atomic E-state index is 10.5. The molecule has 0 fully saturated rings. The van der Waals surface area contributed by atoms with Crippen molar-refractivity contribution in [2.75, 3.05) is 0 Å². The molecule has 0 radical (unpaired) electrons. The van der Waals surface area contributed by atoms with Crippen molar-refractivity contribution in [2.45, 2.75) is 79.4 Å². The Morgan fingerprint density at radius 1 is 0.586 bits per heavy atom. The van der Waals surface area contributed by atoms with Crippen LogP contribution in [-0.2, 0) is 50.5 Å². The van der Waals surface area contributed by atoms with Crippen LogP contribution in [0.25, 0.3) is 0 Å². The van der Waals surface area contributed by atoms with Gasteiger partial charge in [-0.05, 0) is 41.5 Å². The van der Waals surface area contributed by atoms with Crippen molar-refractivity contribution in [1.29, 1.82) is 0 Å². The fourth-order valence-electron chi connectivity index (χ4n) is 1.02. The molecule has 0 amide bonds. The molecule has 0 aliphatic rings. The van der Waals surface area contributed by atoms with Gasteiger partial charge in [0.2, 0.25) is 0 Å². The molecular formula is C18H32O10Ti. The van der Waals surface area contributed by atoms with Crippen LogP contribution in [-0.4, -0.2) is 67.7 Å². The molecule has 0 bridgehead atoms. The molecule has 0 saturated heterocycles. The molecule has 0 atom stereocenters. The molecule has 0 aromatic rings. The first-order chi connectivity index (χ1) is 12.5. The number of aliphatic hydroxyl groups excluding tert-OH is 2. The van der Waals surface area contributed by atoms with Crippen LogP contribution in [0.15, 0.2) is 0 Å². The van der Waals surface area contributed by atoms with E-state index in [1.807, 2.05) is 0 Å². The van der Waals surface area contributed by atoms with Crippen LogP contribution >= 0.6 is 0 Å². The van der Waals surface area contributed by atoms with Gasteiger partial charge in [-0.2, -0.15) is 0 Å². The number of hydrogen-bond acceptors (Lipinski definition) is 8. The smallest absolute Gasteiger partial charge is 0.310 e. The third-order valence-electron chi connectivity index (χ3n) is 1.59.